The van der Waals surface area contributed by atoms with Gasteiger partial charge in [-0.25, -0.2) is 0 Å². The van der Waals surface area contributed by atoms with Crippen molar-refractivity contribution < 1.29 is 0 Å². The molecule has 0 bridgehead atoms. The summed E-state index contributed by atoms with van der Waals surface area (Å²) >= 11 is 0. The van der Waals surface area contributed by atoms with Crippen molar-refractivity contribution in [2.24, 2.45) is 40.9 Å². The smallest absolute Gasteiger partial charge is 0.150 e. The van der Waals surface area contributed by atoms with Crippen LogP contribution in [0.5, 0.6) is 0 Å². The molecule has 8 nitrogen and oxygen atoms in total. The molecule has 4 aromatic rings. The van der Waals surface area contributed by atoms with E-state index in [2.05, 4.69) is 40.9 Å². The van der Waals surface area contributed by atoms with E-state index in [-0.39, 0.29) is 0 Å². The Morgan fingerprint density at radius 1 is 0.303 bits per heavy atom. The van der Waals surface area contributed by atoms with Crippen molar-refractivity contribution in [1.29, 1.82) is 0 Å². The Morgan fingerprint density at radius 2 is 0.515 bits per heavy atom. The molecule has 8 heteroatoms. The van der Waals surface area contributed by atoms with Gasteiger partial charge in [-0.05, 0) is 48.5 Å². The van der Waals surface area contributed by atoms with Gasteiger partial charge in [0.25, 0.3) is 0 Å². The number of nitrogens with zero attached hydrogens (tertiary/aromatic N) is 8. The van der Waals surface area contributed by atoms with Crippen molar-refractivity contribution in [3.8, 4) is 0 Å². The minimum atomic E-state index is -1.85. The minimum Gasteiger partial charge on any atom is -0.150 e. The fourth-order valence-electron chi connectivity index (χ4n) is 2.60. The van der Waals surface area contributed by atoms with Crippen molar-refractivity contribution in [1.82, 2.24) is 0 Å². The van der Waals surface area contributed by atoms with Gasteiger partial charge in [0.1, 0.15) is 0 Å². The van der Waals surface area contributed by atoms with E-state index in [1.165, 1.54) is 0 Å². The summed E-state index contributed by atoms with van der Waals surface area (Å²) in [5.41, 5.74) is 2.45. The summed E-state index contributed by atoms with van der Waals surface area (Å²) in [7, 11) is 0. The molecule has 0 aliphatic heterocycles. The molecule has 0 fully saturated rings. The number of benzene rings is 4. The van der Waals surface area contributed by atoms with Gasteiger partial charge in [-0.1, -0.05) is 72.8 Å². The lowest BCUT2D eigenvalue weighted by Gasteiger charge is -2.10. The maximum atomic E-state index is 4.31. The Balaban J connectivity index is 1.79. The quantitative estimate of drug-likeness (QED) is 0.249. The zero-order chi connectivity index (χ0) is 22.6. The SMILES string of the molecule is c1ccc(N=NC(N=Nc2ccccc2)(N=Nc2ccccc2)N=Nc2ccccc2)cc1. The van der Waals surface area contributed by atoms with E-state index in [1.54, 1.807) is 0 Å². The third-order valence-corrected chi connectivity index (χ3v) is 4.22. The highest BCUT2D eigenvalue weighted by Gasteiger charge is 2.31. The molecule has 4 rings (SSSR count). The average Bonchev–Trinajstić information content (AvgIpc) is 2.90. The molecule has 0 radical (unpaired) electrons. The van der Waals surface area contributed by atoms with Crippen LogP contribution in [0.15, 0.2) is 162 Å². The maximum Gasteiger partial charge on any atom is 0.418 e. The van der Waals surface area contributed by atoms with Crippen molar-refractivity contribution in [2.75, 3.05) is 0 Å². The Labute approximate surface area is 191 Å². The van der Waals surface area contributed by atoms with Crippen LogP contribution in [0.3, 0.4) is 0 Å². The summed E-state index contributed by atoms with van der Waals surface area (Å²) in [5.74, 6) is -1.85. The van der Waals surface area contributed by atoms with Crippen molar-refractivity contribution in [2.45, 2.75) is 5.91 Å². The summed E-state index contributed by atoms with van der Waals surface area (Å²) in [6.07, 6.45) is 0. The Bertz CT molecular complexity index is 1040. The largest absolute Gasteiger partial charge is 0.418 e. The molecule has 4 aromatic carbocycles. The second kappa shape index (κ2) is 11.1. The maximum absolute atomic E-state index is 4.31. The van der Waals surface area contributed by atoms with E-state index in [0.29, 0.717) is 22.7 Å². The molecule has 0 unspecified atom stereocenters. The Morgan fingerprint density at radius 3 is 0.727 bits per heavy atom. The molecule has 0 saturated heterocycles. The topological polar surface area (TPSA) is 98.9 Å². The van der Waals surface area contributed by atoms with Crippen molar-refractivity contribution in [3.63, 3.8) is 0 Å². The normalized spacial score (nSPS) is 13.8. The number of hydrogen-bond acceptors (Lipinski definition) is 8. The number of azo groups is 4. The van der Waals surface area contributed by atoms with Gasteiger partial charge in [-0.3, -0.25) is 0 Å². The van der Waals surface area contributed by atoms with E-state index >= 15 is 0 Å². The third-order valence-electron chi connectivity index (χ3n) is 4.22. The zero-order valence-electron chi connectivity index (χ0n) is 17.6. The minimum absolute atomic E-state index is 0.613. The van der Waals surface area contributed by atoms with Crippen LogP contribution in [0.2, 0.25) is 0 Å². The van der Waals surface area contributed by atoms with Crippen LogP contribution >= 0.6 is 0 Å². The molecule has 0 aliphatic carbocycles. The molecular formula is C25H20N8. The van der Waals surface area contributed by atoms with Crippen molar-refractivity contribution >= 4 is 22.7 Å². The molecule has 0 aromatic heterocycles. The lowest BCUT2D eigenvalue weighted by molar-refractivity contribution is 0.412. The van der Waals surface area contributed by atoms with E-state index in [0.717, 1.165) is 0 Å². The summed E-state index contributed by atoms with van der Waals surface area (Å²) < 4.78 is 0. The predicted octanol–water partition coefficient (Wildman–Crippen LogP) is 8.73. The first-order valence-electron chi connectivity index (χ1n) is 10.2. The standard InChI is InChI=1S/C25H20N8/c1-5-13-21(14-6-1)26-30-25(31-27-22-15-7-2-8-16-22,32-28-23-17-9-3-10-18-23)33-29-24-19-11-4-12-20-24/h1-20H. The van der Waals surface area contributed by atoms with E-state index in [1.807, 2.05) is 121 Å². The lowest BCUT2D eigenvalue weighted by Crippen LogP contribution is -2.15. The third kappa shape index (κ3) is 6.63. The van der Waals surface area contributed by atoms with Crippen LogP contribution < -0.4 is 0 Å². The second-order valence-electron chi connectivity index (χ2n) is 6.74. The lowest BCUT2D eigenvalue weighted by atomic mass is 10.3. The van der Waals surface area contributed by atoms with E-state index in [9.17, 15) is 0 Å². The average molecular weight is 432 g/mol. The van der Waals surface area contributed by atoms with Crippen LogP contribution in [0.4, 0.5) is 22.7 Å². The summed E-state index contributed by atoms with van der Waals surface area (Å²) in [6.45, 7) is 0. The van der Waals surface area contributed by atoms with E-state index < -0.39 is 5.91 Å². The monoisotopic (exact) mass is 432 g/mol. The van der Waals surface area contributed by atoms with Gasteiger partial charge in [-0.2, -0.15) is 0 Å². The van der Waals surface area contributed by atoms with Gasteiger partial charge in [-0.15, -0.1) is 40.9 Å². The summed E-state index contributed by atoms with van der Waals surface area (Å²) in [6, 6.07) is 36.9. The number of rotatable bonds is 8. The summed E-state index contributed by atoms with van der Waals surface area (Å²) in [5, 5.41) is 34.4. The van der Waals surface area contributed by atoms with Crippen LogP contribution in [0.25, 0.3) is 0 Å². The van der Waals surface area contributed by atoms with Crippen LogP contribution in [0.1, 0.15) is 0 Å². The molecule has 0 saturated carbocycles. The van der Waals surface area contributed by atoms with Gasteiger partial charge in [0.15, 0.2) is 0 Å². The molecule has 0 N–H and O–H groups in total. The van der Waals surface area contributed by atoms with Crippen LogP contribution in [0, 0.1) is 0 Å². The highest BCUT2D eigenvalue weighted by molar-refractivity contribution is 5.37. The fourth-order valence-corrected chi connectivity index (χ4v) is 2.60. The Hall–Kier alpha value is -4.72. The molecule has 160 valence electrons. The molecule has 0 aliphatic rings. The second-order valence-corrected chi connectivity index (χ2v) is 6.74. The van der Waals surface area contributed by atoms with Gasteiger partial charge >= 0.3 is 5.91 Å². The predicted molar refractivity (Wildman–Crippen MR) is 127 cm³/mol. The highest BCUT2D eigenvalue weighted by Crippen LogP contribution is 2.28. The first kappa shape index (κ1) is 21.5. The molecule has 0 amide bonds. The van der Waals surface area contributed by atoms with E-state index in [4.69, 9.17) is 0 Å². The van der Waals surface area contributed by atoms with Gasteiger partial charge in [0.2, 0.25) is 0 Å². The Kier molecular flexibility index (Phi) is 7.21. The first-order chi connectivity index (χ1) is 16.3. The molecule has 0 atom stereocenters. The summed E-state index contributed by atoms with van der Waals surface area (Å²) in [4.78, 5) is 0. The van der Waals surface area contributed by atoms with Crippen molar-refractivity contribution in [3.05, 3.63) is 121 Å². The van der Waals surface area contributed by atoms with Crippen LogP contribution in [-0.4, -0.2) is 5.91 Å². The van der Waals surface area contributed by atoms with Gasteiger partial charge in [0.05, 0.1) is 22.7 Å². The van der Waals surface area contributed by atoms with Gasteiger partial charge < -0.3 is 0 Å². The fraction of sp³-hybridized carbons (Fsp3) is 0.0400. The zero-order valence-corrected chi connectivity index (χ0v) is 17.6. The highest BCUT2D eigenvalue weighted by atomic mass is 15.6. The first-order valence-corrected chi connectivity index (χ1v) is 10.2. The number of hydrogen-bond donors (Lipinski definition) is 0. The molecule has 33 heavy (non-hydrogen) atoms. The molecular weight excluding hydrogens is 412 g/mol. The molecule has 0 heterocycles. The molecule has 0 spiro atoms. The van der Waals surface area contributed by atoms with Gasteiger partial charge in [0, 0.05) is 0 Å². The van der Waals surface area contributed by atoms with Crippen LogP contribution in [-0.2, 0) is 0 Å².